The third-order valence-electron chi connectivity index (χ3n) is 1.64. The van der Waals surface area contributed by atoms with Gasteiger partial charge in [-0.05, 0) is 12.1 Å². The molecule has 0 aliphatic carbocycles. The van der Waals surface area contributed by atoms with E-state index < -0.39 is 12.1 Å². The Bertz CT molecular complexity index is 359. The Morgan fingerprint density at radius 1 is 1.71 bits per heavy atom. The number of thiophene rings is 1. The van der Waals surface area contributed by atoms with Crippen LogP contribution in [0.2, 0.25) is 4.34 Å². The van der Waals surface area contributed by atoms with E-state index in [2.05, 4.69) is 11.3 Å². The zero-order valence-electron chi connectivity index (χ0n) is 7.49. The molecule has 1 N–H and O–H groups in total. The van der Waals surface area contributed by atoms with Crippen LogP contribution < -0.4 is 0 Å². The summed E-state index contributed by atoms with van der Waals surface area (Å²) >= 11 is 6.88. The molecule has 1 aromatic heterocycles. The maximum atomic E-state index is 11.0. The molecular weight excluding hydrogens is 224 g/mol. The van der Waals surface area contributed by atoms with E-state index in [1.807, 2.05) is 0 Å². The second-order valence-corrected chi connectivity index (χ2v) is 4.31. The highest BCUT2D eigenvalue weighted by molar-refractivity contribution is 7.16. The number of ether oxygens (including phenoxy) is 1. The highest BCUT2D eigenvalue weighted by Crippen LogP contribution is 2.30. The van der Waals surface area contributed by atoms with Crippen LogP contribution in [0.4, 0.5) is 0 Å². The quantitative estimate of drug-likeness (QED) is 0.642. The number of aliphatic hydroxyl groups excluding tert-OH is 1. The molecule has 0 aliphatic heterocycles. The molecule has 0 aliphatic rings. The summed E-state index contributed by atoms with van der Waals surface area (Å²) in [5, 5.41) is 9.66. The van der Waals surface area contributed by atoms with Crippen molar-refractivity contribution < 1.29 is 14.6 Å². The summed E-state index contributed by atoms with van der Waals surface area (Å²) in [6.45, 7) is 3.45. The zero-order valence-corrected chi connectivity index (χ0v) is 9.06. The highest BCUT2D eigenvalue weighted by atomic mass is 35.5. The summed E-state index contributed by atoms with van der Waals surface area (Å²) in [6.07, 6.45) is -1.04. The van der Waals surface area contributed by atoms with Crippen LogP contribution in [0.5, 0.6) is 0 Å². The second-order valence-electron chi connectivity index (χ2n) is 2.56. The van der Waals surface area contributed by atoms with Gasteiger partial charge in [0.15, 0.2) is 0 Å². The molecule has 1 unspecified atom stereocenters. The molecule has 14 heavy (non-hydrogen) atoms. The van der Waals surface area contributed by atoms with Gasteiger partial charge < -0.3 is 9.84 Å². The van der Waals surface area contributed by atoms with E-state index in [-0.39, 0.29) is 5.57 Å². The molecule has 5 heteroatoms. The van der Waals surface area contributed by atoms with E-state index in [0.29, 0.717) is 9.21 Å². The van der Waals surface area contributed by atoms with Gasteiger partial charge in [0.2, 0.25) is 0 Å². The molecular formula is C9H9ClO3S. The first-order valence-electron chi connectivity index (χ1n) is 3.76. The summed E-state index contributed by atoms with van der Waals surface area (Å²) in [7, 11) is 1.24. The lowest BCUT2D eigenvalue weighted by molar-refractivity contribution is -0.137. The Balaban J connectivity index is 2.80. The SMILES string of the molecule is C=C(C(=O)OC)C(O)c1ccc(Cl)s1. The Kier molecular flexibility index (Phi) is 3.69. The molecule has 0 aromatic carbocycles. The lowest BCUT2D eigenvalue weighted by Gasteiger charge is -2.09. The van der Waals surface area contributed by atoms with Crippen molar-refractivity contribution in [1.29, 1.82) is 0 Å². The van der Waals surface area contributed by atoms with E-state index in [4.69, 9.17) is 11.6 Å². The van der Waals surface area contributed by atoms with E-state index in [1.165, 1.54) is 18.4 Å². The Labute approximate surface area is 90.6 Å². The largest absolute Gasteiger partial charge is 0.466 e. The molecule has 3 nitrogen and oxygen atoms in total. The van der Waals surface area contributed by atoms with Crippen molar-refractivity contribution in [3.63, 3.8) is 0 Å². The monoisotopic (exact) mass is 232 g/mol. The second kappa shape index (κ2) is 4.59. The Hall–Kier alpha value is -0.840. The molecule has 0 bridgehead atoms. The van der Waals surface area contributed by atoms with Crippen molar-refractivity contribution in [2.45, 2.75) is 6.10 Å². The topological polar surface area (TPSA) is 46.5 Å². The van der Waals surface area contributed by atoms with Gasteiger partial charge in [0, 0.05) is 4.88 Å². The van der Waals surface area contributed by atoms with Gasteiger partial charge in [-0.2, -0.15) is 0 Å². The van der Waals surface area contributed by atoms with Crippen LogP contribution in [-0.2, 0) is 9.53 Å². The number of methoxy groups -OCH3 is 1. The molecule has 1 rings (SSSR count). The summed E-state index contributed by atoms with van der Waals surface area (Å²) < 4.78 is 4.99. The first-order chi connectivity index (χ1) is 6.56. The van der Waals surface area contributed by atoms with E-state index in [9.17, 15) is 9.90 Å². The van der Waals surface area contributed by atoms with Crippen molar-refractivity contribution in [1.82, 2.24) is 0 Å². The molecule has 76 valence electrons. The zero-order chi connectivity index (χ0) is 10.7. The summed E-state index contributed by atoms with van der Waals surface area (Å²) in [4.78, 5) is 11.6. The fourth-order valence-corrected chi connectivity index (χ4v) is 1.97. The Morgan fingerprint density at radius 2 is 2.36 bits per heavy atom. The fraction of sp³-hybridized carbons (Fsp3) is 0.222. The van der Waals surface area contributed by atoms with Crippen molar-refractivity contribution in [3.05, 3.63) is 33.5 Å². The minimum Gasteiger partial charge on any atom is -0.466 e. The number of halogens is 1. The smallest absolute Gasteiger partial charge is 0.336 e. The Morgan fingerprint density at radius 3 is 2.79 bits per heavy atom. The predicted molar refractivity (Wildman–Crippen MR) is 55.4 cm³/mol. The van der Waals surface area contributed by atoms with Gasteiger partial charge in [-0.1, -0.05) is 18.2 Å². The van der Waals surface area contributed by atoms with Gasteiger partial charge in [-0.3, -0.25) is 0 Å². The number of aliphatic hydroxyl groups is 1. The van der Waals surface area contributed by atoms with Crippen molar-refractivity contribution in [2.75, 3.05) is 7.11 Å². The first kappa shape index (κ1) is 11.2. The molecule has 0 saturated heterocycles. The molecule has 1 heterocycles. The third kappa shape index (κ3) is 2.35. The third-order valence-corrected chi connectivity index (χ3v) is 2.92. The maximum absolute atomic E-state index is 11.0. The minimum atomic E-state index is -1.04. The standard InChI is InChI=1S/C9H9ClO3S/c1-5(9(12)13-2)8(11)6-3-4-7(10)14-6/h3-4,8,11H,1H2,2H3. The van der Waals surface area contributed by atoms with Gasteiger partial charge >= 0.3 is 5.97 Å². The van der Waals surface area contributed by atoms with Crippen molar-refractivity contribution >= 4 is 28.9 Å². The van der Waals surface area contributed by atoms with Crippen LogP contribution in [0.15, 0.2) is 24.3 Å². The number of hydrogen-bond donors (Lipinski definition) is 1. The normalized spacial score (nSPS) is 12.2. The average Bonchev–Trinajstić information content (AvgIpc) is 2.61. The lowest BCUT2D eigenvalue weighted by Crippen LogP contribution is -2.10. The number of hydrogen-bond acceptors (Lipinski definition) is 4. The van der Waals surface area contributed by atoms with Gasteiger partial charge in [-0.15, -0.1) is 11.3 Å². The first-order valence-corrected chi connectivity index (χ1v) is 4.96. The van der Waals surface area contributed by atoms with Gasteiger partial charge in [0.1, 0.15) is 6.10 Å². The maximum Gasteiger partial charge on any atom is 0.336 e. The van der Waals surface area contributed by atoms with Crippen LogP contribution in [0.25, 0.3) is 0 Å². The van der Waals surface area contributed by atoms with Crippen molar-refractivity contribution in [3.8, 4) is 0 Å². The van der Waals surface area contributed by atoms with E-state index in [1.54, 1.807) is 12.1 Å². The van der Waals surface area contributed by atoms with Gasteiger partial charge in [0.25, 0.3) is 0 Å². The van der Waals surface area contributed by atoms with E-state index in [0.717, 1.165) is 0 Å². The lowest BCUT2D eigenvalue weighted by atomic mass is 10.1. The molecule has 0 radical (unpaired) electrons. The number of carbonyl (C=O) groups excluding carboxylic acids is 1. The fourth-order valence-electron chi connectivity index (χ4n) is 0.890. The van der Waals surface area contributed by atoms with Crippen LogP contribution in [-0.4, -0.2) is 18.2 Å². The molecule has 0 saturated carbocycles. The molecule has 0 fully saturated rings. The van der Waals surface area contributed by atoms with Gasteiger partial charge in [-0.25, -0.2) is 4.79 Å². The molecule has 1 aromatic rings. The van der Waals surface area contributed by atoms with Crippen LogP contribution in [0, 0.1) is 0 Å². The molecule has 0 amide bonds. The summed E-state index contributed by atoms with van der Waals surface area (Å²) in [6, 6.07) is 3.29. The van der Waals surface area contributed by atoms with Gasteiger partial charge in [0.05, 0.1) is 17.0 Å². The summed E-state index contributed by atoms with van der Waals surface area (Å²) in [5.74, 6) is -0.623. The van der Waals surface area contributed by atoms with E-state index >= 15 is 0 Å². The average molecular weight is 233 g/mol. The number of esters is 1. The molecule has 0 spiro atoms. The minimum absolute atomic E-state index is 0.00557. The number of rotatable bonds is 3. The van der Waals surface area contributed by atoms with Crippen molar-refractivity contribution in [2.24, 2.45) is 0 Å². The predicted octanol–water partition coefficient (Wildman–Crippen LogP) is 2.16. The van der Waals surface area contributed by atoms with Crippen LogP contribution in [0.1, 0.15) is 11.0 Å². The molecule has 1 atom stereocenters. The van der Waals surface area contributed by atoms with Crippen LogP contribution in [0.3, 0.4) is 0 Å². The van der Waals surface area contributed by atoms with Crippen LogP contribution >= 0.6 is 22.9 Å². The number of carbonyl (C=O) groups is 1. The highest BCUT2D eigenvalue weighted by Gasteiger charge is 2.20. The summed E-state index contributed by atoms with van der Waals surface area (Å²) in [5.41, 5.74) is 0.00557.